The van der Waals surface area contributed by atoms with Gasteiger partial charge in [-0.2, -0.15) is 8.75 Å². The summed E-state index contributed by atoms with van der Waals surface area (Å²) < 4.78 is 9.15. The van der Waals surface area contributed by atoms with Crippen molar-refractivity contribution in [1.82, 2.24) is 23.7 Å². The summed E-state index contributed by atoms with van der Waals surface area (Å²) in [6, 6.07) is 52.2. The average Bonchev–Trinajstić information content (AvgIpc) is 3.65. The van der Waals surface area contributed by atoms with Crippen molar-refractivity contribution in [2.75, 3.05) is 0 Å². The van der Waals surface area contributed by atoms with Crippen molar-refractivity contribution in [2.45, 2.75) is 0 Å². The highest BCUT2D eigenvalue weighted by molar-refractivity contribution is 7.00. The molecule has 3 heterocycles. The van der Waals surface area contributed by atoms with Crippen molar-refractivity contribution in [1.29, 1.82) is 0 Å². The van der Waals surface area contributed by atoms with Crippen LogP contribution in [-0.2, 0) is 0 Å². The third-order valence-electron chi connectivity index (χ3n) is 8.57. The fourth-order valence-electron chi connectivity index (χ4n) is 6.25. The SMILES string of the molecule is c1ccc(-c2cc(-c3cccc(-c4ccc(-c5nc6ccccc6c6c5ccc5nsnc56)cc4)c3)nc(-c3ccccc3)n2)cc1. The van der Waals surface area contributed by atoms with Gasteiger partial charge in [-0.3, -0.25) is 0 Å². The summed E-state index contributed by atoms with van der Waals surface area (Å²) in [6.07, 6.45) is 0. The average molecular weight is 620 g/mol. The van der Waals surface area contributed by atoms with E-state index in [-0.39, 0.29) is 0 Å². The minimum atomic E-state index is 0.706. The van der Waals surface area contributed by atoms with Crippen LogP contribution in [0.3, 0.4) is 0 Å². The normalized spacial score (nSPS) is 11.4. The molecule has 9 rings (SSSR count). The number of hydrogen-bond donors (Lipinski definition) is 0. The summed E-state index contributed by atoms with van der Waals surface area (Å²) in [5.74, 6) is 0.706. The lowest BCUT2D eigenvalue weighted by Crippen LogP contribution is -1.96. The fourth-order valence-corrected chi connectivity index (χ4v) is 6.79. The highest BCUT2D eigenvalue weighted by atomic mass is 32.1. The molecule has 220 valence electrons. The first kappa shape index (κ1) is 27.2. The predicted molar refractivity (Wildman–Crippen MR) is 193 cm³/mol. The first-order valence-electron chi connectivity index (χ1n) is 15.4. The van der Waals surface area contributed by atoms with E-state index in [0.717, 1.165) is 83.2 Å². The molecule has 3 aromatic heterocycles. The molecule has 0 saturated heterocycles. The van der Waals surface area contributed by atoms with Gasteiger partial charge in [0.05, 0.1) is 34.3 Å². The van der Waals surface area contributed by atoms with Crippen molar-refractivity contribution in [3.05, 3.63) is 152 Å². The number of aromatic nitrogens is 5. The van der Waals surface area contributed by atoms with Gasteiger partial charge < -0.3 is 0 Å². The molecule has 0 spiro atoms. The Morgan fingerprint density at radius 1 is 0.383 bits per heavy atom. The minimum Gasteiger partial charge on any atom is -0.247 e. The topological polar surface area (TPSA) is 64.5 Å². The summed E-state index contributed by atoms with van der Waals surface area (Å²) in [5.41, 5.74) is 11.9. The van der Waals surface area contributed by atoms with E-state index in [1.165, 1.54) is 11.7 Å². The van der Waals surface area contributed by atoms with E-state index < -0.39 is 0 Å². The van der Waals surface area contributed by atoms with Crippen molar-refractivity contribution < 1.29 is 0 Å². The monoisotopic (exact) mass is 619 g/mol. The van der Waals surface area contributed by atoms with Crippen LogP contribution in [0.15, 0.2) is 152 Å². The first-order chi connectivity index (χ1) is 23.3. The number of benzene rings is 6. The van der Waals surface area contributed by atoms with Crippen LogP contribution < -0.4 is 0 Å². The Morgan fingerprint density at radius 2 is 1.04 bits per heavy atom. The standard InChI is InChI=1S/C41H25N5S/c1-3-10-27(11-4-1)36-25-37(44-41(43-36)29-12-5-2-6-13-29)31-15-9-14-30(24-31)26-18-20-28(21-19-26)39-33-22-23-35-40(46-47-45-35)38(33)32-16-7-8-17-34(32)42-39/h1-25H. The molecule has 0 aliphatic heterocycles. The van der Waals surface area contributed by atoms with Gasteiger partial charge in [0.25, 0.3) is 0 Å². The first-order valence-corrected chi connectivity index (χ1v) is 16.2. The maximum absolute atomic E-state index is 5.13. The molecule has 0 radical (unpaired) electrons. The summed E-state index contributed by atoms with van der Waals surface area (Å²) in [7, 11) is 0. The molecule has 0 N–H and O–H groups in total. The zero-order valence-corrected chi connectivity index (χ0v) is 25.9. The third kappa shape index (κ3) is 4.92. The Kier molecular flexibility index (Phi) is 6.58. The molecule has 6 aromatic carbocycles. The molecule has 6 heteroatoms. The Labute approximate surface area is 275 Å². The molecule has 0 atom stereocenters. The highest BCUT2D eigenvalue weighted by Crippen LogP contribution is 2.37. The lowest BCUT2D eigenvalue weighted by molar-refractivity contribution is 1.18. The van der Waals surface area contributed by atoms with Crippen molar-refractivity contribution in [3.63, 3.8) is 0 Å². The number of para-hydroxylation sites is 1. The number of hydrogen-bond acceptors (Lipinski definition) is 6. The number of fused-ring (bicyclic) bond motifs is 5. The molecule has 0 aliphatic rings. The molecular weight excluding hydrogens is 595 g/mol. The lowest BCUT2D eigenvalue weighted by atomic mass is 9.96. The van der Waals surface area contributed by atoms with Crippen LogP contribution in [0.25, 0.3) is 89.0 Å². The Hall–Kier alpha value is -6.11. The Bertz CT molecular complexity index is 2500. The van der Waals surface area contributed by atoms with Gasteiger partial charge in [0.15, 0.2) is 5.82 Å². The second kappa shape index (κ2) is 11.4. The van der Waals surface area contributed by atoms with E-state index in [4.69, 9.17) is 15.0 Å². The maximum atomic E-state index is 5.13. The smallest absolute Gasteiger partial charge is 0.160 e. The quantitative estimate of drug-likeness (QED) is 0.179. The maximum Gasteiger partial charge on any atom is 0.160 e. The number of pyridine rings is 1. The van der Waals surface area contributed by atoms with Crippen LogP contribution in [0.2, 0.25) is 0 Å². The molecule has 0 amide bonds. The van der Waals surface area contributed by atoms with Gasteiger partial charge in [-0.15, -0.1) is 0 Å². The molecule has 0 bridgehead atoms. The molecule has 0 fully saturated rings. The van der Waals surface area contributed by atoms with Gasteiger partial charge in [-0.25, -0.2) is 15.0 Å². The molecule has 0 saturated carbocycles. The van der Waals surface area contributed by atoms with Gasteiger partial charge in [0, 0.05) is 38.4 Å². The van der Waals surface area contributed by atoms with Gasteiger partial charge in [0.1, 0.15) is 11.0 Å². The van der Waals surface area contributed by atoms with Gasteiger partial charge in [-0.05, 0) is 41.5 Å². The lowest BCUT2D eigenvalue weighted by Gasteiger charge is -2.12. The second-order valence-corrected chi connectivity index (χ2v) is 12.0. The van der Waals surface area contributed by atoms with Crippen molar-refractivity contribution >= 4 is 44.4 Å². The molecule has 0 aliphatic carbocycles. The Morgan fingerprint density at radius 3 is 1.85 bits per heavy atom. The molecule has 0 unspecified atom stereocenters. The highest BCUT2D eigenvalue weighted by Gasteiger charge is 2.16. The summed E-state index contributed by atoms with van der Waals surface area (Å²) in [5, 5.41) is 3.27. The van der Waals surface area contributed by atoms with Crippen LogP contribution in [0.5, 0.6) is 0 Å². The number of rotatable bonds is 5. The summed E-state index contributed by atoms with van der Waals surface area (Å²) >= 11 is 1.25. The largest absolute Gasteiger partial charge is 0.247 e. The van der Waals surface area contributed by atoms with Crippen LogP contribution in [0, 0.1) is 0 Å². The summed E-state index contributed by atoms with van der Waals surface area (Å²) in [6.45, 7) is 0. The van der Waals surface area contributed by atoms with E-state index in [1.54, 1.807) is 0 Å². The van der Waals surface area contributed by atoms with Crippen molar-refractivity contribution in [3.8, 4) is 56.3 Å². The van der Waals surface area contributed by atoms with E-state index in [1.807, 2.05) is 48.5 Å². The molecule has 9 aromatic rings. The predicted octanol–water partition coefficient (Wildman–Crippen LogP) is 10.5. The van der Waals surface area contributed by atoms with E-state index in [9.17, 15) is 0 Å². The number of nitrogens with zero attached hydrogens (tertiary/aromatic N) is 5. The fraction of sp³-hybridized carbons (Fsp3) is 0. The van der Waals surface area contributed by atoms with Crippen molar-refractivity contribution in [2.24, 2.45) is 0 Å². The van der Waals surface area contributed by atoms with Crippen LogP contribution in [-0.4, -0.2) is 23.7 Å². The zero-order valence-electron chi connectivity index (χ0n) is 25.1. The Balaban J connectivity index is 1.12. The molecule has 5 nitrogen and oxygen atoms in total. The summed E-state index contributed by atoms with van der Waals surface area (Å²) in [4.78, 5) is 15.1. The van der Waals surface area contributed by atoms with E-state index >= 15 is 0 Å². The van der Waals surface area contributed by atoms with E-state index in [2.05, 4.69) is 112 Å². The minimum absolute atomic E-state index is 0.706. The van der Waals surface area contributed by atoms with Gasteiger partial charge in [0.2, 0.25) is 0 Å². The van der Waals surface area contributed by atoms with Crippen LogP contribution >= 0.6 is 11.7 Å². The van der Waals surface area contributed by atoms with Gasteiger partial charge >= 0.3 is 0 Å². The van der Waals surface area contributed by atoms with E-state index in [0.29, 0.717) is 5.82 Å². The molecule has 47 heavy (non-hydrogen) atoms. The second-order valence-electron chi connectivity index (χ2n) is 11.4. The van der Waals surface area contributed by atoms with Crippen LogP contribution in [0.1, 0.15) is 0 Å². The third-order valence-corrected chi connectivity index (χ3v) is 9.11. The van der Waals surface area contributed by atoms with Gasteiger partial charge in [-0.1, -0.05) is 121 Å². The van der Waals surface area contributed by atoms with Crippen LogP contribution in [0.4, 0.5) is 0 Å². The zero-order chi connectivity index (χ0) is 31.2. The molecular formula is C41H25N5S.